The molecular weight excluding hydrogens is 288 g/mol. The van der Waals surface area contributed by atoms with Gasteiger partial charge in [0.25, 0.3) is 0 Å². The van der Waals surface area contributed by atoms with Crippen molar-refractivity contribution >= 4 is 0 Å². The highest BCUT2D eigenvalue weighted by Crippen LogP contribution is 2.18. The Kier molecular flexibility index (Phi) is 4.82. The average molecular weight is 312 g/mol. The Hall–Kier alpha value is -2.07. The molecular formula is C19H24N2O2. The third kappa shape index (κ3) is 4.02. The molecule has 0 aliphatic carbocycles. The van der Waals surface area contributed by atoms with Crippen molar-refractivity contribution in [3.8, 4) is 5.75 Å². The standard InChI is InChI=1S/C19H24N2O2/c1-15-6-5-9-20(11-15)13-17-10-18(22)19(23)14-21(17)12-16-7-3-2-4-8-16/h2-4,7-8,10,14-15,23H,5-6,9,11-13H2,1H3. The van der Waals surface area contributed by atoms with E-state index in [0.717, 1.165) is 30.9 Å². The number of rotatable bonds is 4. The van der Waals surface area contributed by atoms with E-state index >= 15 is 0 Å². The second-order valence-corrected chi connectivity index (χ2v) is 6.61. The van der Waals surface area contributed by atoms with Crippen LogP contribution >= 0.6 is 0 Å². The number of pyridine rings is 1. The van der Waals surface area contributed by atoms with Crippen LogP contribution in [0.1, 0.15) is 31.0 Å². The lowest BCUT2D eigenvalue weighted by Crippen LogP contribution is -2.35. The van der Waals surface area contributed by atoms with E-state index in [-0.39, 0.29) is 11.2 Å². The van der Waals surface area contributed by atoms with Crippen molar-refractivity contribution in [2.24, 2.45) is 5.92 Å². The first-order valence-corrected chi connectivity index (χ1v) is 8.30. The SMILES string of the molecule is CC1CCCN(Cc2cc(=O)c(O)cn2Cc2ccccc2)C1. The Labute approximate surface area is 137 Å². The zero-order valence-corrected chi connectivity index (χ0v) is 13.6. The van der Waals surface area contributed by atoms with E-state index in [4.69, 9.17) is 0 Å². The van der Waals surface area contributed by atoms with Crippen LogP contribution in [0.25, 0.3) is 0 Å². The molecule has 1 aromatic heterocycles. The first kappa shape index (κ1) is 15.8. The van der Waals surface area contributed by atoms with E-state index in [9.17, 15) is 9.90 Å². The van der Waals surface area contributed by atoms with Crippen molar-refractivity contribution in [3.63, 3.8) is 0 Å². The molecule has 122 valence electrons. The second-order valence-electron chi connectivity index (χ2n) is 6.61. The maximum Gasteiger partial charge on any atom is 0.223 e. The molecule has 0 bridgehead atoms. The third-order valence-corrected chi connectivity index (χ3v) is 4.52. The van der Waals surface area contributed by atoms with Crippen LogP contribution in [0.3, 0.4) is 0 Å². The molecule has 1 aromatic carbocycles. The summed E-state index contributed by atoms with van der Waals surface area (Å²) in [4.78, 5) is 14.3. The van der Waals surface area contributed by atoms with Gasteiger partial charge in [-0.2, -0.15) is 0 Å². The van der Waals surface area contributed by atoms with Gasteiger partial charge in [-0.3, -0.25) is 9.69 Å². The smallest absolute Gasteiger partial charge is 0.223 e. The fraction of sp³-hybridized carbons (Fsp3) is 0.421. The highest BCUT2D eigenvalue weighted by molar-refractivity contribution is 5.23. The minimum Gasteiger partial charge on any atom is -0.503 e. The van der Waals surface area contributed by atoms with Crippen LogP contribution in [-0.2, 0) is 13.1 Å². The molecule has 2 heterocycles. The van der Waals surface area contributed by atoms with Crippen LogP contribution in [0.15, 0.2) is 47.4 Å². The summed E-state index contributed by atoms with van der Waals surface area (Å²) < 4.78 is 1.99. The van der Waals surface area contributed by atoms with Gasteiger partial charge in [-0.05, 0) is 30.9 Å². The van der Waals surface area contributed by atoms with Gasteiger partial charge in [0, 0.05) is 31.4 Å². The van der Waals surface area contributed by atoms with Crippen molar-refractivity contribution in [2.75, 3.05) is 13.1 Å². The number of nitrogens with zero attached hydrogens (tertiary/aromatic N) is 2. The van der Waals surface area contributed by atoms with E-state index in [0.29, 0.717) is 12.5 Å². The molecule has 1 atom stereocenters. The lowest BCUT2D eigenvalue weighted by molar-refractivity contribution is 0.172. The minimum atomic E-state index is -0.297. The molecule has 1 aliphatic heterocycles. The van der Waals surface area contributed by atoms with Crippen molar-refractivity contribution in [1.82, 2.24) is 9.47 Å². The Bertz CT molecular complexity index is 709. The molecule has 3 rings (SSSR count). The molecule has 23 heavy (non-hydrogen) atoms. The zero-order valence-electron chi connectivity index (χ0n) is 13.6. The number of aromatic hydroxyl groups is 1. The van der Waals surface area contributed by atoms with Gasteiger partial charge in [0.2, 0.25) is 5.43 Å². The summed E-state index contributed by atoms with van der Waals surface area (Å²) >= 11 is 0. The maximum absolute atomic E-state index is 11.9. The normalized spacial score (nSPS) is 18.9. The lowest BCUT2D eigenvalue weighted by Gasteiger charge is -2.31. The summed E-state index contributed by atoms with van der Waals surface area (Å²) in [5.41, 5.74) is 1.82. The van der Waals surface area contributed by atoms with E-state index in [1.165, 1.54) is 12.8 Å². The zero-order chi connectivity index (χ0) is 16.2. The molecule has 0 amide bonds. The molecule has 1 fully saturated rings. The number of likely N-dealkylation sites (tertiary alicyclic amines) is 1. The largest absolute Gasteiger partial charge is 0.503 e. The van der Waals surface area contributed by atoms with Crippen LogP contribution in [0.4, 0.5) is 0 Å². The van der Waals surface area contributed by atoms with Gasteiger partial charge in [0.05, 0.1) is 6.20 Å². The number of hydrogen-bond acceptors (Lipinski definition) is 3. The molecule has 4 heteroatoms. The summed E-state index contributed by atoms with van der Waals surface area (Å²) in [7, 11) is 0. The van der Waals surface area contributed by atoms with Gasteiger partial charge in [-0.25, -0.2) is 0 Å². The first-order valence-electron chi connectivity index (χ1n) is 8.30. The van der Waals surface area contributed by atoms with Crippen molar-refractivity contribution in [2.45, 2.75) is 32.9 Å². The maximum atomic E-state index is 11.9. The molecule has 1 N–H and O–H groups in total. The Morgan fingerprint density at radius 1 is 1.22 bits per heavy atom. The topological polar surface area (TPSA) is 45.5 Å². The average Bonchev–Trinajstić information content (AvgIpc) is 2.53. The van der Waals surface area contributed by atoms with Crippen molar-refractivity contribution < 1.29 is 5.11 Å². The summed E-state index contributed by atoms with van der Waals surface area (Å²) in [6.45, 7) is 5.84. The fourth-order valence-electron chi connectivity index (χ4n) is 3.33. The Balaban J connectivity index is 1.85. The predicted octanol–water partition coefficient (Wildman–Crippen LogP) is 2.83. The summed E-state index contributed by atoms with van der Waals surface area (Å²) in [5, 5.41) is 9.80. The number of benzene rings is 1. The first-order chi connectivity index (χ1) is 11.1. The van der Waals surface area contributed by atoms with Gasteiger partial charge >= 0.3 is 0 Å². The molecule has 0 radical (unpaired) electrons. The summed E-state index contributed by atoms with van der Waals surface area (Å²) in [5.74, 6) is 0.520. The molecule has 0 saturated carbocycles. The fourth-order valence-corrected chi connectivity index (χ4v) is 3.33. The lowest BCUT2D eigenvalue weighted by atomic mass is 10.0. The van der Waals surface area contributed by atoms with Crippen LogP contribution in [-0.4, -0.2) is 27.7 Å². The van der Waals surface area contributed by atoms with Gasteiger partial charge in [-0.1, -0.05) is 37.3 Å². The van der Waals surface area contributed by atoms with Crippen LogP contribution in [0, 0.1) is 5.92 Å². The molecule has 1 saturated heterocycles. The van der Waals surface area contributed by atoms with Crippen molar-refractivity contribution in [3.05, 3.63) is 64.1 Å². The highest BCUT2D eigenvalue weighted by atomic mass is 16.3. The Morgan fingerprint density at radius 3 is 2.74 bits per heavy atom. The quantitative estimate of drug-likeness (QED) is 0.944. The summed E-state index contributed by atoms with van der Waals surface area (Å²) in [6.07, 6.45) is 4.06. The minimum absolute atomic E-state index is 0.184. The highest BCUT2D eigenvalue weighted by Gasteiger charge is 2.18. The van der Waals surface area contributed by atoms with Gasteiger partial charge in [-0.15, -0.1) is 0 Å². The monoisotopic (exact) mass is 312 g/mol. The summed E-state index contributed by atoms with van der Waals surface area (Å²) in [6, 6.07) is 11.7. The number of piperidine rings is 1. The van der Waals surface area contributed by atoms with E-state index in [1.807, 2.05) is 22.8 Å². The molecule has 4 nitrogen and oxygen atoms in total. The molecule has 0 spiro atoms. The van der Waals surface area contributed by atoms with Crippen LogP contribution < -0.4 is 5.43 Å². The second kappa shape index (κ2) is 7.01. The van der Waals surface area contributed by atoms with Gasteiger partial charge in [0.1, 0.15) is 0 Å². The van der Waals surface area contributed by atoms with E-state index in [2.05, 4.69) is 24.0 Å². The van der Waals surface area contributed by atoms with Gasteiger partial charge in [0.15, 0.2) is 5.75 Å². The molecule has 1 aliphatic rings. The van der Waals surface area contributed by atoms with E-state index < -0.39 is 0 Å². The predicted molar refractivity (Wildman–Crippen MR) is 91.6 cm³/mol. The van der Waals surface area contributed by atoms with Gasteiger partial charge < -0.3 is 9.67 Å². The van der Waals surface area contributed by atoms with E-state index in [1.54, 1.807) is 12.3 Å². The molecule has 2 aromatic rings. The molecule has 1 unspecified atom stereocenters. The van der Waals surface area contributed by atoms with Crippen molar-refractivity contribution in [1.29, 1.82) is 0 Å². The Morgan fingerprint density at radius 2 is 2.00 bits per heavy atom. The van der Waals surface area contributed by atoms with Crippen LogP contribution in [0.5, 0.6) is 5.75 Å². The third-order valence-electron chi connectivity index (χ3n) is 4.52. The van der Waals surface area contributed by atoms with Crippen LogP contribution in [0.2, 0.25) is 0 Å². The number of hydrogen-bond donors (Lipinski definition) is 1. The number of aromatic nitrogens is 1.